The molecule has 0 spiro atoms. The lowest BCUT2D eigenvalue weighted by Gasteiger charge is -2.42. The molecule has 1 saturated carbocycles. The maximum Gasteiger partial charge on any atom is 0.225 e. The lowest BCUT2D eigenvalue weighted by Crippen LogP contribution is -2.47. The normalized spacial score (nSPS) is 29.7. The summed E-state index contributed by atoms with van der Waals surface area (Å²) in [5.74, 6) is 2.96. The van der Waals surface area contributed by atoms with E-state index in [4.69, 9.17) is 0 Å². The average molecular weight is 335 g/mol. The summed E-state index contributed by atoms with van der Waals surface area (Å²) in [6, 6.07) is 0. The molecule has 1 aliphatic carbocycles. The molecular weight excluding hydrogens is 300 g/mol. The Labute approximate surface area is 146 Å². The van der Waals surface area contributed by atoms with Gasteiger partial charge in [-0.15, -0.1) is 0 Å². The van der Waals surface area contributed by atoms with E-state index in [0.717, 1.165) is 51.9 Å². The maximum absolute atomic E-state index is 12.4. The molecule has 3 unspecified atom stereocenters. The summed E-state index contributed by atoms with van der Waals surface area (Å²) in [6.45, 7) is 10.1. The van der Waals surface area contributed by atoms with E-state index in [1.54, 1.807) is 0 Å². The van der Waals surface area contributed by atoms with Crippen molar-refractivity contribution in [3.8, 4) is 0 Å². The largest absolute Gasteiger partial charge is 0.342 e. The van der Waals surface area contributed by atoms with Gasteiger partial charge in [0.1, 0.15) is 0 Å². The second kappa shape index (κ2) is 7.45. The molecule has 0 N–H and O–H groups in total. The third-order valence-corrected chi connectivity index (χ3v) is 6.45. The van der Waals surface area contributed by atoms with E-state index in [0.29, 0.717) is 35.5 Å². The predicted molar refractivity (Wildman–Crippen MR) is 95.3 cm³/mol. The van der Waals surface area contributed by atoms with E-state index in [1.807, 2.05) is 13.8 Å². The van der Waals surface area contributed by atoms with Crippen LogP contribution in [0.2, 0.25) is 0 Å². The monoisotopic (exact) mass is 334 g/mol. The fraction of sp³-hybridized carbons (Fsp3) is 0.900. The molecule has 0 radical (unpaired) electrons. The first-order valence-corrected chi connectivity index (χ1v) is 10.0. The minimum atomic E-state index is 0.0976. The molecule has 2 aliphatic heterocycles. The Balaban J connectivity index is 1.57. The number of rotatable bonds is 4. The molecule has 136 valence electrons. The molecule has 0 aromatic rings. The van der Waals surface area contributed by atoms with Crippen LogP contribution < -0.4 is 0 Å². The summed E-state index contributed by atoms with van der Waals surface area (Å²) in [7, 11) is 0. The van der Waals surface area contributed by atoms with Gasteiger partial charge in [0.05, 0.1) is 0 Å². The van der Waals surface area contributed by atoms with Crippen molar-refractivity contribution in [2.24, 2.45) is 29.6 Å². The maximum atomic E-state index is 12.4. The first-order chi connectivity index (χ1) is 11.5. The summed E-state index contributed by atoms with van der Waals surface area (Å²) in [5, 5.41) is 0. The van der Waals surface area contributed by atoms with Gasteiger partial charge in [-0.25, -0.2) is 0 Å². The van der Waals surface area contributed by atoms with Gasteiger partial charge in [0.2, 0.25) is 11.8 Å². The molecule has 2 saturated heterocycles. The molecular formula is C20H34N2O2. The highest BCUT2D eigenvalue weighted by Gasteiger charge is 2.38. The topological polar surface area (TPSA) is 40.6 Å². The van der Waals surface area contributed by atoms with Gasteiger partial charge in [0.25, 0.3) is 0 Å². The molecule has 0 bridgehead atoms. The number of nitrogens with zero attached hydrogens (tertiary/aromatic N) is 2. The van der Waals surface area contributed by atoms with Gasteiger partial charge < -0.3 is 9.80 Å². The van der Waals surface area contributed by atoms with Gasteiger partial charge in [-0.3, -0.25) is 9.59 Å². The van der Waals surface area contributed by atoms with Crippen LogP contribution in [-0.4, -0.2) is 47.8 Å². The minimum Gasteiger partial charge on any atom is -0.342 e. The highest BCUT2D eigenvalue weighted by molar-refractivity contribution is 5.81. The number of likely N-dealkylation sites (tertiary alicyclic amines) is 2. The zero-order valence-electron chi connectivity index (χ0n) is 15.7. The van der Waals surface area contributed by atoms with Crippen molar-refractivity contribution in [1.82, 2.24) is 9.80 Å². The lowest BCUT2D eigenvalue weighted by atomic mass is 9.75. The predicted octanol–water partition coefficient (Wildman–Crippen LogP) is 3.17. The van der Waals surface area contributed by atoms with Crippen molar-refractivity contribution < 1.29 is 9.59 Å². The summed E-state index contributed by atoms with van der Waals surface area (Å²) < 4.78 is 0. The van der Waals surface area contributed by atoms with Crippen LogP contribution in [0, 0.1) is 29.6 Å². The molecule has 3 rings (SSSR count). The fourth-order valence-electron chi connectivity index (χ4n) is 4.62. The Kier molecular flexibility index (Phi) is 5.51. The van der Waals surface area contributed by atoms with Crippen LogP contribution in [0.1, 0.15) is 59.3 Å². The Morgan fingerprint density at radius 1 is 0.833 bits per heavy atom. The lowest BCUT2D eigenvalue weighted by molar-refractivity contribution is -0.137. The highest BCUT2D eigenvalue weighted by atomic mass is 16.2. The van der Waals surface area contributed by atoms with E-state index in [1.165, 1.54) is 12.8 Å². The van der Waals surface area contributed by atoms with Crippen LogP contribution in [-0.2, 0) is 9.59 Å². The van der Waals surface area contributed by atoms with E-state index < -0.39 is 0 Å². The molecule has 3 fully saturated rings. The van der Waals surface area contributed by atoms with Crippen molar-refractivity contribution in [1.29, 1.82) is 0 Å². The number of carbonyl (C=O) groups is 2. The van der Waals surface area contributed by atoms with Gasteiger partial charge in [-0.2, -0.15) is 0 Å². The Hall–Kier alpha value is -1.06. The first kappa shape index (κ1) is 17.8. The van der Waals surface area contributed by atoms with E-state index in [2.05, 4.69) is 16.7 Å². The molecule has 3 atom stereocenters. The number of amides is 2. The van der Waals surface area contributed by atoms with Crippen LogP contribution >= 0.6 is 0 Å². The second-order valence-electron chi connectivity index (χ2n) is 8.66. The van der Waals surface area contributed by atoms with Crippen LogP contribution in [0.3, 0.4) is 0 Å². The quantitative estimate of drug-likeness (QED) is 0.792. The van der Waals surface area contributed by atoms with Gasteiger partial charge in [0, 0.05) is 38.0 Å². The van der Waals surface area contributed by atoms with E-state index in [-0.39, 0.29) is 5.92 Å². The smallest absolute Gasteiger partial charge is 0.225 e. The standard InChI is InChI=1S/C20H34N2O2/c1-14(2)19(23)21-10-4-6-17(12-21)15(3)18-7-5-11-22(13-18)20(24)16-8-9-16/h14-18H,4-13H2,1-3H3. The fourth-order valence-corrected chi connectivity index (χ4v) is 4.62. The zero-order valence-corrected chi connectivity index (χ0v) is 15.7. The van der Waals surface area contributed by atoms with Crippen LogP contribution in [0.5, 0.6) is 0 Å². The first-order valence-electron chi connectivity index (χ1n) is 10.0. The van der Waals surface area contributed by atoms with Crippen molar-refractivity contribution in [3.63, 3.8) is 0 Å². The summed E-state index contributed by atoms with van der Waals surface area (Å²) in [6.07, 6.45) is 6.95. The third-order valence-electron chi connectivity index (χ3n) is 6.45. The van der Waals surface area contributed by atoms with Crippen molar-refractivity contribution in [2.45, 2.75) is 59.3 Å². The van der Waals surface area contributed by atoms with Crippen LogP contribution in [0.25, 0.3) is 0 Å². The van der Waals surface area contributed by atoms with Crippen LogP contribution in [0.15, 0.2) is 0 Å². The van der Waals surface area contributed by atoms with Crippen molar-refractivity contribution in [2.75, 3.05) is 26.2 Å². The molecule has 3 aliphatic rings. The Morgan fingerprint density at radius 2 is 1.38 bits per heavy atom. The van der Waals surface area contributed by atoms with Gasteiger partial charge in [-0.1, -0.05) is 20.8 Å². The molecule has 0 aromatic heterocycles. The second-order valence-corrected chi connectivity index (χ2v) is 8.66. The molecule has 2 amide bonds. The Bertz CT molecular complexity index is 438. The number of piperidine rings is 2. The third kappa shape index (κ3) is 3.94. The van der Waals surface area contributed by atoms with E-state index in [9.17, 15) is 9.59 Å². The Morgan fingerprint density at radius 3 is 1.92 bits per heavy atom. The average Bonchev–Trinajstić information content (AvgIpc) is 3.45. The zero-order chi connectivity index (χ0) is 17.3. The van der Waals surface area contributed by atoms with Gasteiger partial charge >= 0.3 is 0 Å². The molecule has 2 heterocycles. The molecule has 0 aromatic carbocycles. The number of hydrogen-bond donors (Lipinski definition) is 0. The van der Waals surface area contributed by atoms with Crippen molar-refractivity contribution in [3.05, 3.63) is 0 Å². The molecule has 4 nitrogen and oxygen atoms in total. The van der Waals surface area contributed by atoms with Gasteiger partial charge in [-0.05, 0) is 56.3 Å². The highest BCUT2D eigenvalue weighted by Crippen LogP contribution is 2.36. The van der Waals surface area contributed by atoms with Crippen molar-refractivity contribution >= 4 is 11.8 Å². The molecule has 4 heteroatoms. The number of carbonyl (C=O) groups excluding carboxylic acids is 2. The minimum absolute atomic E-state index is 0.0976. The van der Waals surface area contributed by atoms with Crippen LogP contribution in [0.4, 0.5) is 0 Å². The van der Waals surface area contributed by atoms with E-state index >= 15 is 0 Å². The SMILES string of the molecule is CC(C)C(=O)N1CCCC(C(C)C2CCCN(C(=O)C3CC3)C2)C1. The summed E-state index contributed by atoms with van der Waals surface area (Å²) in [4.78, 5) is 29.0. The van der Waals surface area contributed by atoms with Gasteiger partial charge in [0.15, 0.2) is 0 Å². The molecule has 24 heavy (non-hydrogen) atoms. The summed E-state index contributed by atoms with van der Waals surface area (Å²) >= 11 is 0. The number of hydrogen-bond acceptors (Lipinski definition) is 2. The summed E-state index contributed by atoms with van der Waals surface area (Å²) in [5.41, 5.74) is 0.